The molecule has 1 aliphatic heterocycles. The van der Waals surface area contributed by atoms with Crippen molar-refractivity contribution in [2.75, 3.05) is 32.4 Å². The van der Waals surface area contributed by atoms with Crippen molar-refractivity contribution in [2.45, 2.75) is 64.0 Å². The lowest BCUT2D eigenvalue weighted by Crippen LogP contribution is -2.59. The van der Waals surface area contributed by atoms with E-state index >= 15 is 0 Å². The van der Waals surface area contributed by atoms with Gasteiger partial charge < -0.3 is 10.1 Å². The number of rotatable bonds is 6. The molecule has 0 aromatic carbocycles. The minimum atomic E-state index is -3.06. The Kier molecular flexibility index (Phi) is 5.86. The number of hydrogen-bond acceptors (Lipinski definition) is 5. The molecule has 2 atom stereocenters. The first kappa shape index (κ1) is 18.9. The van der Waals surface area contributed by atoms with Crippen LogP contribution in [0.1, 0.15) is 41.5 Å². The number of nitrogens with zero attached hydrogens (tertiary/aromatic N) is 1. The number of ether oxygens (including phenoxy) is 1. The largest absolute Gasteiger partial charge is 0.373 e. The fraction of sp³-hybridized carbons (Fsp3) is 1.00. The van der Waals surface area contributed by atoms with Crippen molar-refractivity contribution in [1.29, 1.82) is 0 Å². The fourth-order valence-corrected chi connectivity index (χ4v) is 2.95. The Balaban J connectivity index is 2.57. The van der Waals surface area contributed by atoms with Crippen LogP contribution in [0, 0.1) is 0 Å². The van der Waals surface area contributed by atoms with Gasteiger partial charge in [-0.1, -0.05) is 0 Å². The molecule has 0 saturated carbocycles. The normalized spacial score (nSPS) is 26.0. The molecular weight excluding hydrogens is 288 g/mol. The maximum Gasteiger partial charge on any atom is 0.153 e. The molecule has 126 valence electrons. The van der Waals surface area contributed by atoms with Gasteiger partial charge in [0.25, 0.3) is 0 Å². The molecule has 0 spiro atoms. The van der Waals surface area contributed by atoms with Crippen LogP contribution in [0.4, 0.5) is 0 Å². The van der Waals surface area contributed by atoms with Crippen LogP contribution in [0.25, 0.3) is 0 Å². The second-order valence-electron chi connectivity index (χ2n) is 7.61. The minimum Gasteiger partial charge on any atom is -0.373 e. The molecule has 1 saturated heterocycles. The topological polar surface area (TPSA) is 58.6 Å². The predicted octanol–water partition coefficient (Wildman–Crippen LogP) is 1.29. The summed E-state index contributed by atoms with van der Waals surface area (Å²) < 4.78 is 28.5. The molecule has 1 rings (SSSR count). The summed E-state index contributed by atoms with van der Waals surface area (Å²) in [6, 6.07) is 0. The Morgan fingerprint density at radius 2 is 1.57 bits per heavy atom. The van der Waals surface area contributed by atoms with Gasteiger partial charge in [0.1, 0.15) is 0 Å². The Morgan fingerprint density at radius 1 is 1.10 bits per heavy atom. The molecule has 0 bridgehead atoms. The molecule has 1 fully saturated rings. The highest BCUT2D eigenvalue weighted by atomic mass is 32.2. The summed E-state index contributed by atoms with van der Waals surface area (Å²) in [7, 11) is -3.06. The van der Waals surface area contributed by atoms with E-state index in [2.05, 4.69) is 37.9 Å². The van der Waals surface area contributed by atoms with E-state index in [1.165, 1.54) is 6.26 Å². The van der Waals surface area contributed by atoms with Crippen molar-refractivity contribution >= 4 is 9.84 Å². The fourth-order valence-electron chi connectivity index (χ4n) is 2.58. The third kappa shape index (κ3) is 5.20. The van der Waals surface area contributed by atoms with Crippen molar-refractivity contribution < 1.29 is 13.2 Å². The average molecular weight is 320 g/mol. The zero-order valence-electron chi connectivity index (χ0n) is 14.6. The van der Waals surface area contributed by atoms with Gasteiger partial charge >= 0.3 is 0 Å². The molecule has 21 heavy (non-hydrogen) atoms. The van der Waals surface area contributed by atoms with Gasteiger partial charge in [-0.05, 0) is 41.5 Å². The standard InChI is InChI=1S/C15H32N2O3S/c1-12-8-17(9-13(2)20-12)14(3,4)10-16-11-15(5,6)21(7,18)19/h12-13,16H,8-11H2,1-7H3/t12-,13-/m1/s1. The smallest absolute Gasteiger partial charge is 0.153 e. The summed E-state index contributed by atoms with van der Waals surface area (Å²) in [5.41, 5.74) is -0.0279. The molecule has 0 aromatic heterocycles. The Hall–Kier alpha value is -0.170. The molecule has 0 aromatic rings. The minimum absolute atomic E-state index is 0.0279. The quantitative estimate of drug-likeness (QED) is 0.799. The molecule has 0 radical (unpaired) electrons. The Bertz CT molecular complexity index is 436. The summed E-state index contributed by atoms with van der Waals surface area (Å²) in [5, 5.41) is 3.34. The molecule has 0 aliphatic carbocycles. The molecule has 0 amide bonds. The van der Waals surface area contributed by atoms with Gasteiger partial charge in [0, 0.05) is 38.0 Å². The van der Waals surface area contributed by atoms with Crippen molar-refractivity contribution in [3.63, 3.8) is 0 Å². The first-order valence-electron chi connectivity index (χ1n) is 7.66. The first-order chi connectivity index (χ1) is 9.35. The van der Waals surface area contributed by atoms with Crippen LogP contribution >= 0.6 is 0 Å². The van der Waals surface area contributed by atoms with E-state index in [9.17, 15) is 8.42 Å². The maximum atomic E-state index is 11.7. The summed E-state index contributed by atoms with van der Waals surface area (Å²) in [6.45, 7) is 15.1. The van der Waals surface area contributed by atoms with Gasteiger partial charge in [0.05, 0.1) is 17.0 Å². The predicted molar refractivity (Wildman–Crippen MR) is 87.5 cm³/mol. The zero-order chi connectivity index (χ0) is 16.5. The van der Waals surface area contributed by atoms with Gasteiger partial charge in [0.15, 0.2) is 9.84 Å². The van der Waals surface area contributed by atoms with Gasteiger partial charge in [-0.2, -0.15) is 0 Å². The molecular formula is C15H32N2O3S. The van der Waals surface area contributed by atoms with E-state index in [0.717, 1.165) is 19.6 Å². The van der Waals surface area contributed by atoms with Crippen LogP contribution in [0.15, 0.2) is 0 Å². The summed E-state index contributed by atoms with van der Waals surface area (Å²) in [4.78, 5) is 2.42. The van der Waals surface area contributed by atoms with Crippen molar-refractivity contribution in [1.82, 2.24) is 10.2 Å². The SMILES string of the molecule is C[C@@H]1CN(C(C)(C)CNCC(C)(C)S(C)(=O)=O)C[C@@H](C)O1. The van der Waals surface area contributed by atoms with Crippen molar-refractivity contribution in [3.05, 3.63) is 0 Å². The van der Waals surface area contributed by atoms with Crippen LogP contribution in [0.5, 0.6) is 0 Å². The van der Waals surface area contributed by atoms with Gasteiger partial charge in [-0.15, -0.1) is 0 Å². The monoisotopic (exact) mass is 320 g/mol. The highest BCUT2D eigenvalue weighted by Crippen LogP contribution is 2.21. The highest BCUT2D eigenvalue weighted by Gasteiger charge is 2.34. The average Bonchev–Trinajstić information content (AvgIpc) is 2.25. The molecule has 5 nitrogen and oxygen atoms in total. The third-order valence-corrected chi connectivity index (χ3v) is 6.54. The highest BCUT2D eigenvalue weighted by molar-refractivity contribution is 7.92. The molecule has 1 aliphatic rings. The Labute approximate surface area is 130 Å². The van der Waals surface area contributed by atoms with Crippen LogP contribution in [-0.4, -0.2) is 68.2 Å². The summed E-state index contributed by atoms with van der Waals surface area (Å²) >= 11 is 0. The van der Waals surface area contributed by atoms with E-state index in [-0.39, 0.29) is 17.7 Å². The van der Waals surface area contributed by atoms with Crippen LogP contribution in [0.3, 0.4) is 0 Å². The lowest BCUT2D eigenvalue weighted by molar-refractivity contribution is -0.0952. The van der Waals surface area contributed by atoms with Gasteiger partial charge in [-0.25, -0.2) is 8.42 Å². The van der Waals surface area contributed by atoms with E-state index in [0.29, 0.717) is 6.54 Å². The van der Waals surface area contributed by atoms with Crippen LogP contribution in [0.2, 0.25) is 0 Å². The number of nitrogens with one attached hydrogen (secondary N) is 1. The number of sulfone groups is 1. The van der Waals surface area contributed by atoms with Gasteiger partial charge in [-0.3, -0.25) is 4.90 Å². The van der Waals surface area contributed by atoms with Crippen LogP contribution < -0.4 is 5.32 Å². The molecule has 0 unspecified atom stereocenters. The molecule has 6 heteroatoms. The van der Waals surface area contributed by atoms with E-state index in [1.54, 1.807) is 13.8 Å². The van der Waals surface area contributed by atoms with Crippen LogP contribution in [-0.2, 0) is 14.6 Å². The maximum absolute atomic E-state index is 11.7. The first-order valence-corrected chi connectivity index (χ1v) is 9.55. The van der Waals surface area contributed by atoms with Crippen molar-refractivity contribution in [3.8, 4) is 0 Å². The molecule has 1 heterocycles. The van der Waals surface area contributed by atoms with Crippen molar-refractivity contribution in [2.24, 2.45) is 0 Å². The van der Waals surface area contributed by atoms with E-state index in [4.69, 9.17) is 4.74 Å². The summed E-state index contributed by atoms with van der Waals surface area (Å²) in [5.74, 6) is 0. The van der Waals surface area contributed by atoms with Gasteiger partial charge in [0.2, 0.25) is 0 Å². The lowest BCUT2D eigenvalue weighted by Gasteiger charge is -2.45. The number of morpholine rings is 1. The second-order valence-corrected chi connectivity index (χ2v) is 10.3. The number of hydrogen-bond donors (Lipinski definition) is 1. The van der Waals surface area contributed by atoms with E-state index < -0.39 is 14.6 Å². The second kappa shape index (κ2) is 6.52. The lowest BCUT2D eigenvalue weighted by atomic mass is 9.99. The zero-order valence-corrected chi connectivity index (χ0v) is 15.4. The summed E-state index contributed by atoms with van der Waals surface area (Å²) in [6.07, 6.45) is 1.77. The van der Waals surface area contributed by atoms with E-state index in [1.807, 2.05) is 0 Å². The Morgan fingerprint density at radius 3 is 2.00 bits per heavy atom. The third-order valence-electron chi connectivity index (χ3n) is 4.39. The molecule has 1 N–H and O–H groups in total.